The van der Waals surface area contributed by atoms with Gasteiger partial charge in [0, 0.05) is 22.3 Å². The highest BCUT2D eigenvalue weighted by molar-refractivity contribution is 9.10. The predicted molar refractivity (Wildman–Crippen MR) is 54.4 cm³/mol. The van der Waals surface area contributed by atoms with Gasteiger partial charge in [0.15, 0.2) is 0 Å². The summed E-state index contributed by atoms with van der Waals surface area (Å²) in [5, 5.41) is 0.624. The first kappa shape index (κ1) is 10.4. The zero-order valence-electron chi connectivity index (χ0n) is 7.35. The van der Waals surface area contributed by atoms with Crippen molar-refractivity contribution in [3.63, 3.8) is 0 Å². The van der Waals surface area contributed by atoms with Crippen molar-refractivity contribution in [2.45, 2.75) is 6.18 Å². The average molecular weight is 276 g/mol. The highest BCUT2D eigenvalue weighted by Crippen LogP contribution is 2.36. The van der Waals surface area contributed by atoms with Gasteiger partial charge in [-0.2, -0.15) is 13.2 Å². The van der Waals surface area contributed by atoms with Crippen molar-refractivity contribution in [1.82, 2.24) is 4.98 Å². The first-order chi connectivity index (χ1) is 7.00. The molecule has 0 atom stereocenters. The van der Waals surface area contributed by atoms with E-state index in [0.29, 0.717) is 9.86 Å². The first-order valence-corrected chi connectivity index (χ1v) is 4.89. The largest absolute Gasteiger partial charge is 0.417 e. The van der Waals surface area contributed by atoms with Crippen LogP contribution in [-0.4, -0.2) is 4.98 Å². The summed E-state index contributed by atoms with van der Waals surface area (Å²) in [4.78, 5) is 3.80. The molecule has 0 amide bonds. The van der Waals surface area contributed by atoms with Crippen molar-refractivity contribution >= 4 is 26.7 Å². The summed E-state index contributed by atoms with van der Waals surface area (Å²) < 4.78 is 38.5. The van der Waals surface area contributed by atoms with Gasteiger partial charge in [-0.1, -0.05) is 15.9 Å². The van der Waals surface area contributed by atoms with E-state index in [1.807, 2.05) is 0 Å². The quantitative estimate of drug-likeness (QED) is 0.708. The smallest absolute Gasteiger partial charge is 0.264 e. The summed E-state index contributed by atoms with van der Waals surface area (Å²) in [5.41, 5.74) is -0.636. The SMILES string of the molecule is FC(F)(F)c1ccc(Br)c2cnccc12. The van der Waals surface area contributed by atoms with E-state index in [-0.39, 0.29) is 5.39 Å². The van der Waals surface area contributed by atoms with Crippen LogP contribution in [-0.2, 0) is 6.18 Å². The summed E-state index contributed by atoms with van der Waals surface area (Å²) in [6.45, 7) is 0. The summed E-state index contributed by atoms with van der Waals surface area (Å²) >= 11 is 3.19. The monoisotopic (exact) mass is 275 g/mol. The Hall–Kier alpha value is -1.10. The molecule has 2 rings (SSSR count). The van der Waals surface area contributed by atoms with Crippen LogP contribution in [0.15, 0.2) is 35.1 Å². The van der Waals surface area contributed by atoms with E-state index in [9.17, 15) is 13.2 Å². The lowest BCUT2D eigenvalue weighted by Crippen LogP contribution is -2.05. The Morgan fingerprint density at radius 1 is 1.07 bits per heavy atom. The van der Waals surface area contributed by atoms with Crippen molar-refractivity contribution < 1.29 is 13.2 Å². The third-order valence-corrected chi connectivity index (χ3v) is 2.76. The second-order valence-corrected chi connectivity index (χ2v) is 3.87. The Kier molecular flexibility index (Phi) is 2.42. The number of nitrogens with zero attached hydrogens (tertiary/aromatic N) is 1. The lowest BCUT2D eigenvalue weighted by atomic mass is 10.1. The predicted octanol–water partition coefficient (Wildman–Crippen LogP) is 4.02. The summed E-state index contributed by atoms with van der Waals surface area (Å²) in [5.74, 6) is 0. The molecular weight excluding hydrogens is 271 g/mol. The van der Waals surface area contributed by atoms with Gasteiger partial charge in [0.1, 0.15) is 0 Å². The maximum absolute atomic E-state index is 12.6. The van der Waals surface area contributed by atoms with Gasteiger partial charge in [0.2, 0.25) is 0 Å². The van der Waals surface area contributed by atoms with Crippen LogP contribution in [0.5, 0.6) is 0 Å². The zero-order valence-corrected chi connectivity index (χ0v) is 8.93. The number of aromatic nitrogens is 1. The number of halogens is 4. The minimum atomic E-state index is -4.33. The highest BCUT2D eigenvalue weighted by atomic mass is 79.9. The highest BCUT2D eigenvalue weighted by Gasteiger charge is 2.32. The molecule has 1 aromatic heterocycles. The first-order valence-electron chi connectivity index (χ1n) is 4.09. The Labute approximate surface area is 92.1 Å². The van der Waals surface area contributed by atoms with Crippen LogP contribution in [0.25, 0.3) is 10.8 Å². The Morgan fingerprint density at radius 3 is 2.47 bits per heavy atom. The number of pyridine rings is 1. The molecular formula is C10H5BrF3N. The van der Waals surface area contributed by atoms with Crippen LogP contribution in [0.2, 0.25) is 0 Å². The van der Waals surface area contributed by atoms with E-state index in [0.717, 1.165) is 6.07 Å². The Balaban J connectivity index is 2.84. The average Bonchev–Trinajstić information content (AvgIpc) is 2.17. The molecule has 5 heteroatoms. The topological polar surface area (TPSA) is 12.9 Å². The van der Waals surface area contributed by atoms with Crippen LogP contribution < -0.4 is 0 Å². The van der Waals surface area contributed by atoms with E-state index >= 15 is 0 Å². The van der Waals surface area contributed by atoms with Crippen molar-refractivity contribution in [2.24, 2.45) is 0 Å². The van der Waals surface area contributed by atoms with E-state index in [1.54, 1.807) is 0 Å². The summed E-state index contributed by atoms with van der Waals surface area (Å²) in [6.07, 6.45) is -1.57. The molecule has 0 spiro atoms. The fraction of sp³-hybridized carbons (Fsp3) is 0.100. The third kappa shape index (κ3) is 1.84. The maximum Gasteiger partial charge on any atom is 0.417 e. The third-order valence-electron chi connectivity index (χ3n) is 2.07. The molecule has 0 N–H and O–H groups in total. The molecule has 1 heterocycles. The van der Waals surface area contributed by atoms with Crippen molar-refractivity contribution in [3.05, 3.63) is 40.6 Å². The molecule has 0 saturated heterocycles. The zero-order chi connectivity index (χ0) is 11.1. The Bertz CT molecular complexity index is 507. The summed E-state index contributed by atoms with van der Waals surface area (Å²) in [6, 6.07) is 3.81. The maximum atomic E-state index is 12.6. The minimum absolute atomic E-state index is 0.159. The molecule has 0 fully saturated rings. The van der Waals surface area contributed by atoms with Gasteiger partial charge in [-0.3, -0.25) is 4.98 Å². The molecule has 1 aromatic carbocycles. The molecule has 0 aliphatic rings. The summed E-state index contributed by atoms with van der Waals surface area (Å²) in [7, 11) is 0. The van der Waals surface area contributed by atoms with Crippen LogP contribution in [0.4, 0.5) is 13.2 Å². The number of hydrogen-bond donors (Lipinski definition) is 0. The molecule has 2 aromatic rings. The van der Waals surface area contributed by atoms with Gasteiger partial charge in [0.05, 0.1) is 5.56 Å². The van der Waals surface area contributed by atoms with Crippen LogP contribution in [0.3, 0.4) is 0 Å². The number of rotatable bonds is 0. The number of alkyl halides is 3. The Morgan fingerprint density at radius 2 is 1.80 bits per heavy atom. The van der Waals surface area contributed by atoms with Gasteiger partial charge in [0.25, 0.3) is 0 Å². The van der Waals surface area contributed by atoms with Crippen LogP contribution in [0.1, 0.15) is 5.56 Å². The second-order valence-electron chi connectivity index (χ2n) is 3.01. The molecule has 0 radical (unpaired) electrons. The second kappa shape index (κ2) is 3.48. The van der Waals surface area contributed by atoms with Gasteiger partial charge < -0.3 is 0 Å². The van der Waals surface area contributed by atoms with Crippen molar-refractivity contribution in [2.75, 3.05) is 0 Å². The molecule has 0 aliphatic heterocycles. The van der Waals surface area contributed by atoms with E-state index in [1.165, 1.54) is 24.5 Å². The van der Waals surface area contributed by atoms with E-state index < -0.39 is 11.7 Å². The number of benzene rings is 1. The minimum Gasteiger partial charge on any atom is -0.264 e. The number of hydrogen-bond acceptors (Lipinski definition) is 1. The van der Waals surface area contributed by atoms with Gasteiger partial charge >= 0.3 is 6.18 Å². The van der Waals surface area contributed by atoms with Crippen molar-refractivity contribution in [1.29, 1.82) is 0 Å². The van der Waals surface area contributed by atoms with Crippen molar-refractivity contribution in [3.8, 4) is 0 Å². The van der Waals surface area contributed by atoms with Gasteiger partial charge in [-0.05, 0) is 23.6 Å². The molecule has 0 bridgehead atoms. The van der Waals surface area contributed by atoms with Gasteiger partial charge in [-0.25, -0.2) is 0 Å². The standard InChI is InChI=1S/C10H5BrF3N/c11-9-2-1-8(10(12,13)14)6-3-4-15-5-7(6)9/h1-5H. The lowest BCUT2D eigenvalue weighted by molar-refractivity contribution is -0.136. The molecule has 0 unspecified atom stereocenters. The molecule has 78 valence electrons. The molecule has 0 saturated carbocycles. The van der Waals surface area contributed by atoms with Gasteiger partial charge in [-0.15, -0.1) is 0 Å². The van der Waals surface area contributed by atoms with Crippen LogP contribution >= 0.6 is 15.9 Å². The fourth-order valence-corrected chi connectivity index (χ4v) is 1.85. The molecule has 0 aliphatic carbocycles. The van der Waals surface area contributed by atoms with E-state index in [4.69, 9.17) is 0 Å². The normalized spacial score (nSPS) is 12.0. The fourth-order valence-electron chi connectivity index (χ4n) is 1.40. The van der Waals surface area contributed by atoms with Crippen LogP contribution in [0, 0.1) is 0 Å². The number of fused-ring (bicyclic) bond motifs is 1. The lowest BCUT2D eigenvalue weighted by Gasteiger charge is -2.10. The molecule has 15 heavy (non-hydrogen) atoms. The molecule has 1 nitrogen and oxygen atoms in total. The van der Waals surface area contributed by atoms with E-state index in [2.05, 4.69) is 20.9 Å².